The zero-order valence-electron chi connectivity index (χ0n) is 16.2. The number of benzene rings is 2. The molecule has 0 atom stereocenters. The topological polar surface area (TPSA) is 87.8 Å². The Morgan fingerprint density at radius 1 is 1.21 bits per heavy atom. The van der Waals surface area contributed by atoms with Crippen molar-refractivity contribution >= 4 is 39.4 Å². The molecule has 0 heterocycles. The minimum atomic E-state index is -0.428. The summed E-state index contributed by atoms with van der Waals surface area (Å²) in [6.07, 6.45) is 7.30. The first kappa shape index (κ1) is 21.0. The first-order valence-corrected chi connectivity index (χ1v) is 10.4. The van der Waals surface area contributed by atoms with Crippen LogP contribution in [0, 0.1) is 10.1 Å². The van der Waals surface area contributed by atoms with Crippen LogP contribution >= 0.6 is 15.9 Å². The normalized spacial score (nSPS) is 14.7. The number of carbonyl (C=O) groups is 1. The van der Waals surface area contributed by atoms with E-state index >= 15 is 0 Å². The molecule has 8 heteroatoms. The highest BCUT2D eigenvalue weighted by atomic mass is 79.9. The van der Waals surface area contributed by atoms with Gasteiger partial charge >= 0.3 is 0 Å². The maximum atomic E-state index is 12.2. The number of hydrogen-bond donors (Lipinski definition) is 1. The Kier molecular flexibility index (Phi) is 6.98. The molecule has 0 spiro atoms. The summed E-state index contributed by atoms with van der Waals surface area (Å²) >= 11 is 3.33. The van der Waals surface area contributed by atoms with E-state index in [4.69, 9.17) is 0 Å². The maximum absolute atomic E-state index is 12.2. The van der Waals surface area contributed by atoms with Gasteiger partial charge in [-0.15, -0.1) is 0 Å². The van der Waals surface area contributed by atoms with Crippen molar-refractivity contribution in [2.75, 3.05) is 11.9 Å². The molecule has 2 aromatic rings. The molecule has 0 aliphatic heterocycles. The lowest BCUT2D eigenvalue weighted by molar-refractivity contribution is -0.384. The van der Waals surface area contributed by atoms with Crippen LogP contribution in [0.15, 0.2) is 52.0 Å². The van der Waals surface area contributed by atoms with Gasteiger partial charge in [-0.3, -0.25) is 14.9 Å². The molecule has 7 nitrogen and oxygen atoms in total. The quantitative estimate of drug-likeness (QED) is 0.379. The van der Waals surface area contributed by atoms with Gasteiger partial charge in [0.1, 0.15) is 0 Å². The summed E-state index contributed by atoms with van der Waals surface area (Å²) in [5, 5.41) is 15.2. The third-order valence-corrected chi connectivity index (χ3v) is 5.73. The number of halogens is 1. The highest BCUT2D eigenvalue weighted by molar-refractivity contribution is 9.10. The van der Waals surface area contributed by atoms with Crippen LogP contribution in [-0.2, 0) is 0 Å². The van der Waals surface area contributed by atoms with Crippen LogP contribution in [0.3, 0.4) is 0 Å². The predicted molar refractivity (Wildman–Crippen MR) is 118 cm³/mol. The van der Waals surface area contributed by atoms with E-state index < -0.39 is 4.92 Å². The lowest BCUT2D eigenvalue weighted by Gasteiger charge is -2.33. The number of non-ortho nitro benzene ring substituents is 1. The molecule has 0 saturated heterocycles. The van der Waals surface area contributed by atoms with Crippen LogP contribution in [0.5, 0.6) is 0 Å². The molecule has 0 aromatic heterocycles. The van der Waals surface area contributed by atoms with Gasteiger partial charge in [-0.25, -0.2) is 5.43 Å². The number of nitrogens with zero attached hydrogens (tertiary/aromatic N) is 3. The minimum Gasteiger partial charge on any atom is -0.371 e. The number of hydrazone groups is 1. The number of nitro groups is 1. The predicted octanol–water partition coefficient (Wildman–Crippen LogP) is 4.89. The summed E-state index contributed by atoms with van der Waals surface area (Å²) in [6.45, 7) is 0. The van der Waals surface area contributed by atoms with Gasteiger partial charge in [0.05, 0.1) is 11.1 Å². The summed E-state index contributed by atoms with van der Waals surface area (Å²) in [6, 6.07) is 12.1. The highest BCUT2D eigenvalue weighted by Gasteiger charge is 2.21. The van der Waals surface area contributed by atoms with E-state index in [1.807, 2.05) is 7.05 Å². The zero-order chi connectivity index (χ0) is 20.8. The van der Waals surface area contributed by atoms with Crippen LogP contribution in [-0.4, -0.2) is 30.1 Å². The highest BCUT2D eigenvalue weighted by Crippen LogP contribution is 2.30. The van der Waals surface area contributed by atoms with Crippen LogP contribution in [0.25, 0.3) is 0 Å². The number of anilines is 1. The van der Waals surface area contributed by atoms with Crippen molar-refractivity contribution < 1.29 is 9.72 Å². The molecule has 3 rings (SSSR count). The molecule has 0 radical (unpaired) electrons. The van der Waals surface area contributed by atoms with Crippen molar-refractivity contribution in [2.24, 2.45) is 5.10 Å². The molecule has 0 bridgehead atoms. The molecule has 0 unspecified atom stereocenters. The van der Waals surface area contributed by atoms with Crippen molar-refractivity contribution in [3.63, 3.8) is 0 Å². The van der Waals surface area contributed by atoms with Gasteiger partial charge in [0.15, 0.2) is 0 Å². The van der Waals surface area contributed by atoms with Gasteiger partial charge in [-0.1, -0.05) is 35.2 Å². The average Bonchev–Trinajstić information content (AvgIpc) is 2.74. The molecule has 1 N–H and O–H groups in total. The number of nitrogens with one attached hydrogen (secondary N) is 1. The Balaban J connectivity index is 1.80. The van der Waals surface area contributed by atoms with Gasteiger partial charge in [0.25, 0.3) is 11.6 Å². The second-order valence-corrected chi connectivity index (χ2v) is 8.02. The molecule has 1 aliphatic carbocycles. The number of hydrogen-bond acceptors (Lipinski definition) is 5. The van der Waals surface area contributed by atoms with Crippen molar-refractivity contribution in [2.45, 2.75) is 38.1 Å². The average molecular weight is 459 g/mol. The molecule has 2 aromatic carbocycles. The van der Waals surface area contributed by atoms with Crippen molar-refractivity contribution in [1.29, 1.82) is 0 Å². The van der Waals surface area contributed by atoms with E-state index in [1.165, 1.54) is 37.6 Å². The maximum Gasteiger partial charge on any atom is 0.271 e. The summed E-state index contributed by atoms with van der Waals surface area (Å²) in [7, 11) is 2.01. The fourth-order valence-electron chi connectivity index (χ4n) is 3.57. The number of nitro benzene ring substituents is 1. The van der Waals surface area contributed by atoms with Gasteiger partial charge in [-0.05, 0) is 43.2 Å². The Morgan fingerprint density at radius 2 is 1.90 bits per heavy atom. The SMILES string of the molecule is CN(c1ccc([N+](=O)[O-])cc1/C=N/NC(=O)c1ccc(Br)cc1)C1CCCCC1. The van der Waals surface area contributed by atoms with Gasteiger partial charge < -0.3 is 4.90 Å². The van der Waals surface area contributed by atoms with Gasteiger partial charge in [0, 0.05) is 46.5 Å². The second kappa shape index (κ2) is 9.65. The number of carbonyl (C=O) groups excluding carboxylic acids is 1. The summed E-state index contributed by atoms with van der Waals surface area (Å²) in [4.78, 5) is 25.2. The third-order valence-electron chi connectivity index (χ3n) is 5.20. The molecule has 152 valence electrons. The Labute approximate surface area is 178 Å². The lowest BCUT2D eigenvalue weighted by atomic mass is 9.94. The minimum absolute atomic E-state index is 0.00789. The van der Waals surface area contributed by atoms with Crippen molar-refractivity contribution in [1.82, 2.24) is 5.43 Å². The number of rotatable bonds is 6. The van der Waals surface area contributed by atoms with Crippen LogP contribution in [0.1, 0.15) is 48.0 Å². The Bertz CT molecular complexity index is 909. The van der Waals surface area contributed by atoms with E-state index in [9.17, 15) is 14.9 Å². The van der Waals surface area contributed by atoms with Gasteiger partial charge in [0.2, 0.25) is 0 Å². The monoisotopic (exact) mass is 458 g/mol. The fourth-order valence-corrected chi connectivity index (χ4v) is 3.84. The van der Waals surface area contributed by atoms with Crippen LogP contribution in [0.2, 0.25) is 0 Å². The Morgan fingerprint density at radius 3 is 2.55 bits per heavy atom. The summed E-state index contributed by atoms with van der Waals surface area (Å²) in [5.41, 5.74) is 4.42. The lowest BCUT2D eigenvalue weighted by Crippen LogP contribution is -2.34. The molecular weight excluding hydrogens is 436 g/mol. The van der Waals surface area contributed by atoms with Gasteiger partial charge in [-0.2, -0.15) is 5.10 Å². The van der Waals surface area contributed by atoms with Crippen molar-refractivity contribution in [3.8, 4) is 0 Å². The second-order valence-electron chi connectivity index (χ2n) is 7.11. The van der Waals surface area contributed by atoms with E-state index in [-0.39, 0.29) is 11.6 Å². The molecule has 1 fully saturated rings. The molecule has 1 aliphatic rings. The largest absolute Gasteiger partial charge is 0.371 e. The van der Waals surface area contributed by atoms with E-state index in [0.717, 1.165) is 23.0 Å². The summed E-state index contributed by atoms with van der Waals surface area (Å²) < 4.78 is 0.879. The standard InChI is InChI=1S/C21H23BrN4O3/c1-25(18-5-3-2-4-6-18)20-12-11-19(26(28)29)13-16(20)14-23-24-21(27)15-7-9-17(22)10-8-15/h7-14,18H,2-6H2,1H3,(H,24,27)/b23-14+. The third kappa shape index (κ3) is 5.41. The fraction of sp³-hybridized carbons (Fsp3) is 0.333. The zero-order valence-corrected chi connectivity index (χ0v) is 17.8. The number of amides is 1. The molecular formula is C21H23BrN4O3. The Hall–Kier alpha value is -2.74. The van der Waals surface area contributed by atoms with Crippen LogP contribution < -0.4 is 10.3 Å². The van der Waals surface area contributed by atoms with Crippen LogP contribution in [0.4, 0.5) is 11.4 Å². The first-order chi connectivity index (χ1) is 14.0. The van der Waals surface area contributed by atoms with E-state index in [0.29, 0.717) is 17.2 Å². The van der Waals surface area contributed by atoms with E-state index in [1.54, 1.807) is 30.3 Å². The molecule has 1 amide bonds. The summed E-state index contributed by atoms with van der Waals surface area (Å²) in [5.74, 6) is -0.346. The smallest absolute Gasteiger partial charge is 0.271 e. The first-order valence-electron chi connectivity index (χ1n) is 9.56. The molecule has 29 heavy (non-hydrogen) atoms. The molecule has 1 saturated carbocycles. The van der Waals surface area contributed by atoms with E-state index in [2.05, 4.69) is 31.4 Å². The van der Waals surface area contributed by atoms with Crippen molar-refractivity contribution in [3.05, 3.63) is 68.2 Å².